The summed E-state index contributed by atoms with van der Waals surface area (Å²) in [6, 6.07) is 2.07. The number of thiol groups is 1. The molecule has 0 amide bonds. The molecule has 2 rings (SSSR count). The molecule has 1 aliphatic heterocycles. The van der Waals surface area contributed by atoms with E-state index in [2.05, 4.69) is 18.7 Å². The van der Waals surface area contributed by atoms with Crippen LogP contribution in [0.4, 0.5) is 0 Å². The summed E-state index contributed by atoms with van der Waals surface area (Å²) in [5.74, 6) is 1.17. The van der Waals surface area contributed by atoms with Crippen LogP contribution in [0.2, 0.25) is 0 Å². The number of hydrogen-bond donors (Lipinski definition) is 1. The van der Waals surface area contributed by atoms with E-state index in [1.165, 1.54) is 16.2 Å². The molecule has 4 heteroatoms. The molecule has 0 saturated heterocycles. The first kappa shape index (κ1) is 8.66. The molecule has 1 aliphatic rings. The Morgan fingerprint density at radius 2 is 2.42 bits per heavy atom. The predicted octanol–water partition coefficient (Wildman–Crippen LogP) is 2.69. The number of rotatable bonds is 0. The molecule has 0 N–H and O–H groups in total. The van der Waals surface area contributed by atoms with Gasteiger partial charge in [-0.15, -0.1) is 24.4 Å². The van der Waals surface area contributed by atoms with Crippen molar-refractivity contribution in [1.82, 2.24) is 4.57 Å². The standard InChI is InChI=1S/C8H9NS3/c1-9-7(10)4-6-5(8(9)11)2-3-12-6/h4,11H,2-3H2,1H3. The second-order valence-electron chi connectivity index (χ2n) is 2.81. The quantitative estimate of drug-likeness (QED) is 0.524. The molecule has 0 aliphatic carbocycles. The molecule has 0 spiro atoms. The van der Waals surface area contributed by atoms with Gasteiger partial charge in [0.1, 0.15) is 4.64 Å². The molecule has 64 valence electrons. The summed E-state index contributed by atoms with van der Waals surface area (Å²) in [6.45, 7) is 0. The summed E-state index contributed by atoms with van der Waals surface area (Å²) >= 11 is 11.5. The van der Waals surface area contributed by atoms with Gasteiger partial charge in [0.2, 0.25) is 0 Å². The Labute approximate surface area is 86.6 Å². The molecule has 0 unspecified atom stereocenters. The molecule has 0 atom stereocenters. The van der Waals surface area contributed by atoms with Gasteiger partial charge in [-0.25, -0.2) is 0 Å². The first-order valence-electron chi connectivity index (χ1n) is 3.75. The maximum absolute atomic E-state index is 5.18. The maximum Gasteiger partial charge on any atom is 0.107 e. The van der Waals surface area contributed by atoms with Crippen molar-refractivity contribution < 1.29 is 0 Å². The van der Waals surface area contributed by atoms with Crippen LogP contribution in [0, 0.1) is 4.64 Å². The van der Waals surface area contributed by atoms with Crippen molar-refractivity contribution in [2.24, 2.45) is 7.05 Å². The Kier molecular flexibility index (Phi) is 2.23. The lowest BCUT2D eigenvalue weighted by molar-refractivity contribution is 0.754. The molecule has 0 bridgehead atoms. The van der Waals surface area contributed by atoms with Gasteiger partial charge in [-0.1, -0.05) is 12.2 Å². The average Bonchev–Trinajstić information content (AvgIpc) is 2.48. The van der Waals surface area contributed by atoms with Crippen molar-refractivity contribution in [2.45, 2.75) is 16.3 Å². The van der Waals surface area contributed by atoms with Crippen LogP contribution in [0.25, 0.3) is 0 Å². The Morgan fingerprint density at radius 1 is 1.67 bits per heavy atom. The lowest BCUT2D eigenvalue weighted by Crippen LogP contribution is -1.99. The van der Waals surface area contributed by atoms with Gasteiger partial charge in [0.25, 0.3) is 0 Å². The van der Waals surface area contributed by atoms with Gasteiger partial charge >= 0.3 is 0 Å². The van der Waals surface area contributed by atoms with E-state index in [1.54, 1.807) is 0 Å². The van der Waals surface area contributed by atoms with Gasteiger partial charge in [-0.3, -0.25) is 0 Å². The predicted molar refractivity (Wildman–Crippen MR) is 57.9 cm³/mol. The summed E-state index contributed by atoms with van der Waals surface area (Å²) in [4.78, 5) is 1.32. The number of hydrogen-bond acceptors (Lipinski definition) is 3. The van der Waals surface area contributed by atoms with Gasteiger partial charge in [0.05, 0.1) is 5.03 Å². The van der Waals surface area contributed by atoms with Crippen LogP contribution < -0.4 is 0 Å². The van der Waals surface area contributed by atoms with Crippen molar-refractivity contribution >= 4 is 36.6 Å². The summed E-state index contributed by atoms with van der Waals surface area (Å²) in [7, 11) is 1.97. The molecule has 0 fully saturated rings. The Balaban J connectivity index is 2.76. The highest BCUT2D eigenvalue weighted by atomic mass is 32.2. The van der Waals surface area contributed by atoms with Gasteiger partial charge in [-0.05, 0) is 18.1 Å². The maximum atomic E-state index is 5.18. The van der Waals surface area contributed by atoms with E-state index >= 15 is 0 Å². The second kappa shape index (κ2) is 3.09. The normalized spacial score (nSPS) is 14.8. The van der Waals surface area contributed by atoms with Crippen LogP contribution in [-0.4, -0.2) is 10.3 Å². The molecule has 12 heavy (non-hydrogen) atoms. The van der Waals surface area contributed by atoms with Crippen LogP contribution in [0.1, 0.15) is 5.56 Å². The van der Waals surface area contributed by atoms with Crippen LogP contribution in [0.3, 0.4) is 0 Å². The number of pyridine rings is 1. The second-order valence-corrected chi connectivity index (χ2v) is 4.79. The zero-order chi connectivity index (χ0) is 8.72. The molecular weight excluding hydrogens is 206 g/mol. The molecule has 1 nitrogen and oxygen atoms in total. The minimum atomic E-state index is 0.869. The molecule has 1 aromatic rings. The van der Waals surface area contributed by atoms with Crippen molar-refractivity contribution in [1.29, 1.82) is 0 Å². The lowest BCUT2D eigenvalue weighted by atomic mass is 10.2. The molecular formula is C8H9NS3. The van der Waals surface area contributed by atoms with E-state index in [-0.39, 0.29) is 0 Å². The fourth-order valence-corrected chi connectivity index (χ4v) is 3.20. The third-order valence-electron chi connectivity index (χ3n) is 2.08. The highest BCUT2D eigenvalue weighted by molar-refractivity contribution is 7.99. The number of nitrogens with zero attached hydrogens (tertiary/aromatic N) is 1. The minimum Gasteiger partial charge on any atom is -0.330 e. The van der Waals surface area contributed by atoms with Crippen LogP contribution >= 0.6 is 36.6 Å². The van der Waals surface area contributed by atoms with Crippen LogP contribution in [-0.2, 0) is 13.5 Å². The van der Waals surface area contributed by atoms with E-state index < -0.39 is 0 Å². The van der Waals surface area contributed by atoms with Crippen molar-refractivity contribution in [3.8, 4) is 0 Å². The fourth-order valence-electron chi connectivity index (χ4n) is 1.34. The smallest absolute Gasteiger partial charge is 0.107 e. The Hall–Kier alpha value is 0.0700. The summed E-state index contributed by atoms with van der Waals surface area (Å²) in [5.41, 5.74) is 1.36. The summed E-state index contributed by atoms with van der Waals surface area (Å²) in [6.07, 6.45) is 1.13. The van der Waals surface area contributed by atoms with Crippen LogP contribution in [0.15, 0.2) is 16.0 Å². The third kappa shape index (κ3) is 1.22. The molecule has 0 aromatic carbocycles. The van der Waals surface area contributed by atoms with Gasteiger partial charge in [0, 0.05) is 17.7 Å². The highest BCUT2D eigenvalue weighted by Gasteiger charge is 2.15. The van der Waals surface area contributed by atoms with E-state index in [0.717, 1.165) is 16.1 Å². The Bertz CT molecular complexity index is 381. The highest BCUT2D eigenvalue weighted by Crippen LogP contribution is 2.34. The first-order valence-corrected chi connectivity index (χ1v) is 5.59. The largest absolute Gasteiger partial charge is 0.330 e. The molecule has 2 heterocycles. The van der Waals surface area contributed by atoms with Gasteiger partial charge < -0.3 is 4.57 Å². The minimum absolute atomic E-state index is 0.869. The molecule has 1 aromatic heterocycles. The zero-order valence-corrected chi connectivity index (χ0v) is 9.23. The lowest BCUT2D eigenvalue weighted by Gasteiger charge is -2.08. The summed E-state index contributed by atoms with van der Waals surface area (Å²) < 4.78 is 2.83. The average molecular weight is 215 g/mol. The topological polar surface area (TPSA) is 4.93 Å². The molecule has 0 saturated carbocycles. The zero-order valence-electron chi connectivity index (χ0n) is 6.70. The number of fused-ring (bicyclic) bond motifs is 1. The number of aromatic nitrogens is 1. The monoisotopic (exact) mass is 215 g/mol. The van der Waals surface area contributed by atoms with Crippen molar-refractivity contribution in [3.63, 3.8) is 0 Å². The van der Waals surface area contributed by atoms with E-state index in [0.29, 0.717) is 0 Å². The number of thioether (sulfide) groups is 1. The summed E-state index contributed by atoms with van der Waals surface area (Å²) in [5, 5.41) is 1.03. The van der Waals surface area contributed by atoms with Gasteiger partial charge in [-0.2, -0.15) is 0 Å². The van der Waals surface area contributed by atoms with E-state index in [9.17, 15) is 0 Å². The Morgan fingerprint density at radius 3 is 3.17 bits per heavy atom. The first-order chi connectivity index (χ1) is 5.70. The van der Waals surface area contributed by atoms with Crippen molar-refractivity contribution in [3.05, 3.63) is 16.3 Å². The van der Waals surface area contributed by atoms with E-state index in [4.69, 9.17) is 12.2 Å². The van der Waals surface area contributed by atoms with Gasteiger partial charge in [0.15, 0.2) is 0 Å². The SMILES string of the molecule is Cn1c(S)c2c(cc1=S)SCC2. The molecule has 0 radical (unpaired) electrons. The van der Waals surface area contributed by atoms with Crippen molar-refractivity contribution in [2.75, 3.05) is 5.75 Å². The third-order valence-corrected chi connectivity index (χ3v) is 4.12. The van der Waals surface area contributed by atoms with Crippen LogP contribution in [0.5, 0.6) is 0 Å². The fraction of sp³-hybridized carbons (Fsp3) is 0.375. The van der Waals surface area contributed by atoms with E-state index in [1.807, 2.05) is 23.4 Å².